The van der Waals surface area contributed by atoms with Crippen molar-refractivity contribution in [3.8, 4) is 0 Å². The van der Waals surface area contributed by atoms with E-state index in [2.05, 4.69) is 0 Å². The average molecular weight is 283 g/mol. The van der Waals surface area contributed by atoms with E-state index in [-0.39, 0.29) is 11.9 Å². The Balaban J connectivity index is 2.36. The number of sulfone groups is 1. The first-order valence-electron chi connectivity index (χ1n) is 6.79. The summed E-state index contributed by atoms with van der Waals surface area (Å²) in [5.41, 5.74) is 0.731. The first-order chi connectivity index (χ1) is 9.04. The maximum atomic E-state index is 12.3. The van der Waals surface area contributed by atoms with Crippen molar-refractivity contribution in [2.75, 3.05) is 23.7 Å². The maximum absolute atomic E-state index is 12.3. The Morgan fingerprint density at radius 2 is 2.11 bits per heavy atom. The Morgan fingerprint density at radius 3 is 2.79 bits per heavy atom. The Hall–Kier alpha value is -1.07. The number of nitrogens with zero attached hydrogens (tertiary/aromatic N) is 1. The lowest BCUT2D eigenvalue weighted by atomic mass is 10.1. The van der Waals surface area contributed by atoms with E-state index in [0.717, 1.165) is 25.1 Å². The smallest absolute Gasteiger partial charge is 0.180 e. The van der Waals surface area contributed by atoms with Gasteiger partial charge in [-0.1, -0.05) is 19.1 Å². The lowest BCUT2D eigenvalue weighted by molar-refractivity contribution is 0.154. The molecule has 1 heterocycles. The molecule has 5 heteroatoms. The molecule has 106 valence electrons. The van der Waals surface area contributed by atoms with Crippen LogP contribution in [0.5, 0.6) is 0 Å². The van der Waals surface area contributed by atoms with Crippen LogP contribution in [-0.4, -0.2) is 38.5 Å². The van der Waals surface area contributed by atoms with Gasteiger partial charge in [-0.05, 0) is 31.4 Å². The van der Waals surface area contributed by atoms with Crippen LogP contribution in [0, 0.1) is 0 Å². The molecule has 1 unspecified atom stereocenters. The molecule has 1 aliphatic rings. The van der Waals surface area contributed by atoms with Gasteiger partial charge in [-0.15, -0.1) is 0 Å². The summed E-state index contributed by atoms with van der Waals surface area (Å²) in [6, 6.07) is 7.11. The van der Waals surface area contributed by atoms with Crippen molar-refractivity contribution in [1.82, 2.24) is 0 Å². The molecular weight excluding hydrogens is 262 g/mol. The van der Waals surface area contributed by atoms with Crippen molar-refractivity contribution in [2.45, 2.75) is 37.2 Å². The largest absolute Gasteiger partial charge is 0.391 e. The Bertz CT molecular complexity index is 527. The SMILES string of the molecule is CCCS(=O)(=O)c1ccccc1N1CCCC(O)C1. The van der Waals surface area contributed by atoms with Gasteiger partial charge in [-0.3, -0.25) is 0 Å². The molecule has 1 fully saturated rings. The van der Waals surface area contributed by atoms with E-state index < -0.39 is 9.84 Å². The van der Waals surface area contributed by atoms with E-state index >= 15 is 0 Å². The molecule has 2 rings (SSSR count). The van der Waals surface area contributed by atoms with Gasteiger partial charge in [0.1, 0.15) is 0 Å². The van der Waals surface area contributed by atoms with Crippen LogP contribution >= 0.6 is 0 Å². The zero-order valence-electron chi connectivity index (χ0n) is 11.2. The number of piperidine rings is 1. The van der Waals surface area contributed by atoms with Crippen LogP contribution in [0.15, 0.2) is 29.2 Å². The number of hydrogen-bond acceptors (Lipinski definition) is 4. The van der Waals surface area contributed by atoms with E-state index in [0.29, 0.717) is 17.9 Å². The highest BCUT2D eigenvalue weighted by molar-refractivity contribution is 7.91. The van der Waals surface area contributed by atoms with E-state index in [4.69, 9.17) is 0 Å². The number of aliphatic hydroxyl groups excluding tert-OH is 1. The first-order valence-corrected chi connectivity index (χ1v) is 8.44. The molecule has 1 aliphatic heterocycles. The summed E-state index contributed by atoms with van der Waals surface area (Å²) in [4.78, 5) is 2.38. The summed E-state index contributed by atoms with van der Waals surface area (Å²) >= 11 is 0. The van der Waals surface area contributed by atoms with Crippen LogP contribution < -0.4 is 4.90 Å². The molecule has 0 aromatic heterocycles. The molecule has 0 aliphatic carbocycles. The van der Waals surface area contributed by atoms with Gasteiger partial charge in [0.15, 0.2) is 9.84 Å². The molecule has 1 saturated heterocycles. The zero-order chi connectivity index (χ0) is 13.9. The van der Waals surface area contributed by atoms with Crippen LogP contribution in [-0.2, 0) is 9.84 Å². The molecule has 4 nitrogen and oxygen atoms in total. The third-order valence-corrected chi connectivity index (χ3v) is 5.37. The highest BCUT2D eigenvalue weighted by atomic mass is 32.2. The molecular formula is C14H21NO3S. The summed E-state index contributed by atoms with van der Waals surface area (Å²) < 4.78 is 24.6. The summed E-state index contributed by atoms with van der Waals surface area (Å²) in [5, 5.41) is 9.75. The van der Waals surface area contributed by atoms with Crippen LogP contribution in [0.1, 0.15) is 26.2 Å². The van der Waals surface area contributed by atoms with E-state index in [1.54, 1.807) is 12.1 Å². The van der Waals surface area contributed by atoms with E-state index in [1.165, 1.54) is 0 Å². The van der Waals surface area contributed by atoms with Crippen molar-refractivity contribution >= 4 is 15.5 Å². The second kappa shape index (κ2) is 5.92. The lowest BCUT2D eigenvalue weighted by Crippen LogP contribution is -2.39. The molecule has 19 heavy (non-hydrogen) atoms. The van der Waals surface area contributed by atoms with Crippen LogP contribution in [0.2, 0.25) is 0 Å². The fraction of sp³-hybridized carbons (Fsp3) is 0.571. The highest BCUT2D eigenvalue weighted by Gasteiger charge is 2.24. The van der Waals surface area contributed by atoms with Gasteiger partial charge in [0, 0.05) is 13.1 Å². The number of hydrogen-bond donors (Lipinski definition) is 1. The van der Waals surface area contributed by atoms with Gasteiger partial charge in [0.05, 0.1) is 22.4 Å². The second-order valence-electron chi connectivity index (χ2n) is 5.03. The maximum Gasteiger partial charge on any atom is 0.180 e. The predicted molar refractivity (Wildman–Crippen MR) is 76.2 cm³/mol. The minimum Gasteiger partial charge on any atom is -0.391 e. The highest BCUT2D eigenvalue weighted by Crippen LogP contribution is 2.28. The molecule has 0 saturated carbocycles. The molecule has 0 radical (unpaired) electrons. The van der Waals surface area contributed by atoms with Gasteiger partial charge >= 0.3 is 0 Å². The van der Waals surface area contributed by atoms with Crippen molar-refractivity contribution in [1.29, 1.82) is 0 Å². The minimum absolute atomic E-state index is 0.167. The third kappa shape index (κ3) is 3.28. The van der Waals surface area contributed by atoms with Crippen molar-refractivity contribution < 1.29 is 13.5 Å². The quantitative estimate of drug-likeness (QED) is 0.916. The summed E-state index contributed by atoms with van der Waals surface area (Å²) in [6.45, 7) is 3.18. The van der Waals surface area contributed by atoms with Crippen molar-refractivity contribution in [3.63, 3.8) is 0 Å². The predicted octanol–water partition coefficient (Wildman–Crippen LogP) is 1.83. The minimum atomic E-state index is -3.23. The normalized spacial score (nSPS) is 20.5. The number of β-amino-alcohol motifs (C(OH)–C–C–N with tert-alkyl or cyclic N) is 1. The fourth-order valence-electron chi connectivity index (χ4n) is 2.53. The average Bonchev–Trinajstić information content (AvgIpc) is 2.39. The lowest BCUT2D eigenvalue weighted by Gasteiger charge is -2.33. The molecule has 1 aromatic rings. The van der Waals surface area contributed by atoms with Gasteiger partial charge in [-0.2, -0.15) is 0 Å². The monoisotopic (exact) mass is 283 g/mol. The Labute approximate surface area is 115 Å². The summed E-state index contributed by atoms with van der Waals surface area (Å²) in [6.07, 6.45) is 1.93. The topological polar surface area (TPSA) is 57.6 Å². The molecule has 0 bridgehead atoms. The third-order valence-electron chi connectivity index (χ3n) is 3.41. The first kappa shape index (κ1) is 14.3. The van der Waals surface area contributed by atoms with E-state index in [1.807, 2.05) is 24.0 Å². The molecule has 1 aromatic carbocycles. The van der Waals surface area contributed by atoms with Crippen molar-refractivity contribution in [3.05, 3.63) is 24.3 Å². The number of aliphatic hydroxyl groups is 1. The fourth-order valence-corrected chi connectivity index (χ4v) is 4.09. The zero-order valence-corrected chi connectivity index (χ0v) is 12.1. The number of para-hydroxylation sites is 1. The van der Waals surface area contributed by atoms with Crippen LogP contribution in [0.4, 0.5) is 5.69 Å². The van der Waals surface area contributed by atoms with Gasteiger partial charge in [0.25, 0.3) is 0 Å². The Morgan fingerprint density at radius 1 is 1.37 bits per heavy atom. The number of benzene rings is 1. The summed E-state index contributed by atoms with van der Waals surface area (Å²) in [5.74, 6) is 0.167. The van der Waals surface area contributed by atoms with Crippen molar-refractivity contribution in [2.24, 2.45) is 0 Å². The molecule has 1 atom stereocenters. The van der Waals surface area contributed by atoms with E-state index in [9.17, 15) is 13.5 Å². The van der Waals surface area contributed by atoms with Crippen LogP contribution in [0.3, 0.4) is 0 Å². The summed E-state index contributed by atoms with van der Waals surface area (Å²) in [7, 11) is -3.23. The number of anilines is 1. The van der Waals surface area contributed by atoms with Gasteiger partial charge in [0.2, 0.25) is 0 Å². The molecule has 0 amide bonds. The second-order valence-corrected chi connectivity index (χ2v) is 7.11. The molecule has 0 spiro atoms. The van der Waals surface area contributed by atoms with Crippen LogP contribution in [0.25, 0.3) is 0 Å². The molecule has 1 N–H and O–H groups in total. The standard InChI is InChI=1S/C14H21NO3S/c1-2-10-19(17,18)14-8-4-3-7-13(14)15-9-5-6-12(16)11-15/h3-4,7-8,12,16H,2,5-6,9-11H2,1H3. The Kier molecular flexibility index (Phi) is 4.47. The van der Waals surface area contributed by atoms with Gasteiger partial charge in [-0.25, -0.2) is 8.42 Å². The van der Waals surface area contributed by atoms with Gasteiger partial charge < -0.3 is 10.0 Å². The number of rotatable bonds is 4.